The van der Waals surface area contributed by atoms with Gasteiger partial charge in [-0.1, -0.05) is 0 Å². The fraction of sp³-hybridized carbons (Fsp3) is 0.346. The van der Waals surface area contributed by atoms with Crippen LogP contribution >= 0.6 is 11.8 Å². The van der Waals surface area contributed by atoms with Crippen molar-refractivity contribution in [2.45, 2.75) is 27.7 Å². The number of carbonyl (C=O) groups is 2. The standard InChI is InChI=1S/C26H31N3O4S/c1-6-29(7-2)21-15-12-19(22(17-21)32-8-3)16-23-24(30)28(5)26(34-23)27-20-13-10-18(11-14-20)25(31)33-9-4/h10-17H,6-9H2,1-5H3/b23-16-,27-26?. The number of benzene rings is 2. The smallest absolute Gasteiger partial charge is 0.338 e. The van der Waals surface area contributed by atoms with Crippen LogP contribution < -0.4 is 9.64 Å². The maximum absolute atomic E-state index is 12.9. The van der Waals surface area contributed by atoms with E-state index < -0.39 is 0 Å². The summed E-state index contributed by atoms with van der Waals surface area (Å²) in [4.78, 5) is 33.7. The number of amidine groups is 1. The zero-order valence-electron chi connectivity index (χ0n) is 20.3. The van der Waals surface area contributed by atoms with Crippen LogP contribution in [0.5, 0.6) is 5.75 Å². The Morgan fingerprint density at radius 2 is 1.76 bits per heavy atom. The maximum atomic E-state index is 12.9. The summed E-state index contributed by atoms with van der Waals surface area (Å²) in [7, 11) is 1.70. The van der Waals surface area contributed by atoms with Crippen molar-refractivity contribution in [2.75, 3.05) is 38.3 Å². The van der Waals surface area contributed by atoms with Gasteiger partial charge < -0.3 is 14.4 Å². The van der Waals surface area contributed by atoms with E-state index in [0.717, 1.165) is 30.1 Å². The molecule has 1 saturated heterocycles. The molecule has 1 fully saturated rings. The summed E-state index contributed by atoms with van der Waals surface area (Å²) in [5.41, 5.74) is 3.05. The van der Waals surface area contributed by atoms with Crippen molar-refractivity contribution >= 4 is 46.3 Å². The van der Waals surface area contributed by atoms with Crippen LogP contribution in [0.1, 0.15) is 43.6 Å². The number of esters is 1. The number of amides is 1. The second-order valence-corrected chi connectivity index (χ2v) is 8.47. The van der Waals surface area contributed by atoms with Crippen LogP contribution in [0.15, 0.2) is 52.4 Å². The van der Waals surface area contributed by atoms with Crippen LogP contribution in [-0.4, -0.2) is 55.3 Å². The highest BCUT2D eigenvalue weighted by atomic mass is 32.2. The molecular formula is C26H31N3O4S. The molecule has 1 amide bonds. The molecule has 1 aliphatic rings. The number of hydrogen-bond donors (Lipinski definition) is 0. The molecule has 34 heavy (non-hydrogen) atoms. The van der Waals surface area contributed by atoms with Gasteiger partial charge in [0.15, 0.2) is 5.17 Å². The van der Waals surface area contributed by atoms with Gasteiger partial charge in [0.05, 0.1) is 29.4 Å². The number of hydrogen-bond acceptors (Lipinski definition) is 7. The summed E-state index contributed by atoms with van der Waals surface area (Å²) < 4.78 is 10.9. The van der Waals surface area contributed by atoms with Crippen molar-refractivity contribution in [3.8, 4) is 5.75 Å². The number of likely N-dealkylation sites (N-methyl/N-ethyl adjacent to an activating group) is 1. The molecular weight excluding hydrogens is 450 g/mol. The third-order valence-electron chi connectivity index (χ3n) is 5.32. The highest BCUT2D eigenvalue weighted by Crippen LogP contribution is 2.36. The highest BCUT2D eigenvalue weighted by Gasteiger charge is 2.30. The molecule has 0 radical (unpaired) electrons. The van der Waals surface area contributed by atoms with Gasteiger partial charge in [-0.05, 0) is 81.9 Å². The Morgan fingerprint density at radius 1 is 1.06 bits per heavy atom. The summed E-state index contributed by atoms with van der Waals surface area (Å²) >= 11 is 1.31. The molecule has 180 valence electrons. The normalized spacial score (nSPS) is 15.8. The Labute approximate surface area is 205 Å². The van der Waals surface area contributed by atoms with E-state index in [4.69, 9.17) is 9.47 Å². The van der Waals surface area contributed by atoms with Crippen LogP contribution in [0, 0.1) is 0 Å². The summed E-state index contributed by atoms with van der Waals surface area (Å²) in [6, 6.07) is 12.9. The van der Waals surface area contributed by atoms with E-state index in [9.17, 15) is 9.59 Å². The second-order valence-electron chi connectivity index (χ2n) is 7.46. The van der Waals surface area contributed by atoms with Crippen LogP contribution in [0.25, 0.3) is 6.08 Å². The lowest BCUT2D eigenvalue weighted by Gasteiger charge is -2.22. The molecule has 0 bridgehead atoms. The van der Waals surface area contributed by atoms with E-state index in [-0.39, 0.29) is 11.9 Å². The minimum Gasteiger partial charge on any atom is -0.493 e. The van der Waals surface area contributed by atoms with Gasteiger partial charge in [-0.15, -0.1) is 0 Å². The minimum atomic E-state index is -0.369. The molecule has 2 aromatic carbocycles. The lowest BCUT2D eigenvalue weighted by atomic mass is 10.1. The lowest BCUT2D eigenvalue weighted by molar-refractivity contribution is -0.121. The maximum Gasteiger partial charge on any atom is 0.338 e. The van der Waals surface area contributed by atoms with Crippen LogP contribution in [0.3, 0.4) is 0 Å². The highest BCUT2D eigenvalue weighted by molar-refractivity contribution is 8.18. The van der Waals surface area contributed by atoms with Crippen molar-refractivity contribution in [1.29, 1.82) is 0 Å². The zero-order valence-corrected chi connectivity index (χ0v) is 21.1. The number of anilines is 1. The van der Waals surface area contributed by atoms with Gasteiger partial charge in [-0.25, -0.2) is 9.79 Å². The second kappa shape index (κ2) is 11.7. The molecule has 0 unspecified atom stereocenters. The molecule has 0 N–H and O–H groups in total. The van der Waals surface area contributed by atoms with Crippen LogP contribution in [0.4, 0.5) is 11.4 Å². The number of nitrogens with zero attached hydrogens (tertiary/aromatic N) is 3. The molecule has 1 heterocycles. The first-order valence-corrected chi connectivity index (χ1v) is 12.3. The average molecular weight is 482 g/mol. The number of aliphatic imine (C=N–C) groups is 1. The summed E-state index contributed by atoms with van der Waals surface area (Å²) in [6.07, 6.45) is 1.85. The fourth-order valence-electron chi connectivity index (χ4n) is 3.50. The molecule has 7 nitrogen and oxygen atoms in total. The van der Waals surface area contributed by atoms with Crippen molar-refractivity contribution in [3.63, 3.8) is 0 Å². The molecule has 1 aliphatic heterocycles. The number of rotatable bonds is 9. The van der Waals surface area contributed by atoms with Crippen molar-refractivity contribution in [1.82, 2.24) is 4.90 Å². The predicted molar refractivity (Wildman–Crippen MR) is 139 cm³/mol. The third-order valence-corrected chi connectivity index (χ3v) is 6.38. The summed E-state index contributed by atoms with van der Waals surface area (Å²) in [5.74, 6) is 0.254. The number of carbonyl (C=O) groups excluding carboxylic acids is 2. The van der Waals surface area contributed by atoms with Gasteiger partial charge in [-0.2, -0.15) is 0 Å². The Hall–Kier alpha value is -3.26. The lowest BCUT2D eigenvalue weighted by Crippen LogP contribution is -2.23. The Morgan fingerprint density at radius 3 is 2.38 bits per heavy atom. The first-order valence-electron chi connectivity index (χ1n) is 11.5. The molecule has 0 saturated carbocycles. The van der Waals surface area contributed by atoms with Gasteiger partial charge in [0, 0.05) is 37.5 Å². The molecule has 0 atom stereocenters. The molecule has 2 aromatic rings. The van der Waals surface area contributed by atoms with Gasteiger partial charge in [0.2, 0.25) is 0 Å². The molecule has 0 spiro atoms. The average Bonchev–Trinajstić information content (AvgIpc) is 3.10. The van der Waals surface area contributed by atoms with Gasteiger partial charge in [-0.3, -0.25) is 9.69 Å². The van der Waals surface area contributed by atoms with E-state index in [1.807, 2.05) is 25.1 Å². The van der Waals surface area contributed by atoms with Gasteiger partial charge >= 0.3 is 5.97 Å². The van der Waals surface area contributed by atoms with Crippen molar-refractivity contribution in [3.05, 3.63) is 58.5 Å². The Balaban J connectivity index is 1.86. The van der Waals surface area contributed by atoms with E-state index in [2.05, 4.69) is 29.8 Å². The number of ether oxygens (including phenoxy) is 2. The topological polar surface area (TPSA) is 71.4 Å². The quantitative estimate of drug-likeness (QED) is 0.356. The van der Waals surface area contributed by atoms with E-state index in [1.165, 1.54) is 16.7 Å². The first-order chi connectivity index (χ1) is 16.4. The SMILES string of the molecule is CCOC(=O)c1ccc(N=C2S/C(=C\c3ccc(N(CC)CC)cc3OCC)C(=O)N2C)cc1. The van der Waals surface area contributed by atoms with Gasteiger partial charge in [0.25, 0.3) is 5.91 Å². The zero-order chi connectivity index (χ0) is 24.7. The molecule has 0 aliphatic carbocycles. The Bertz CT molecular complexity index is 1090. The first kappa shape index (κ1) is 25.4. The fourth-order valence-corrected chi connectivity index (χ4v) is 4.48. The molecule has 3 rings (SSSR count). The number of thioether (sulfide) groups is 1. The van der Waals surface area contributed by atoms with Gasteiger partial charge in [0.1, 0.15) is 5.75 Å². The third kappa shape index (κ3) is 5.80. The summed E-state index contributed by atoms with van der Waals surface area (Å²) in [5, 5.41) is 0.567. The molecule has 8 heteroatoms. The van der Waals surface area contributed by atoms with E-state index >= 15 is 0 Å². The van der Waals surface area contributed by atoms with Crippen molar-refractivity contribution < 1.29 is 19.1 Å². The van der Waals surface area contributed by atoms with Crippen LogP contribution in [0.2, 0.25) is 0 Å². The Kier molecular flexibility index (Phi) is 8.76. The van der Waals surface area contributed by atoms with Crippen LogP contribution in [-0.2, 0) is 9.53 Å². The summed E-state index contributed by atoms with van der Waals surface area (Å²) in [6.45, 7) is 10.6. The monoisotopic (exact) mass is 481 g/mol. The van der Waals surface area contributed by atoms with E-state index in [1.54, 1.807) is 38.2 Å². The van der Waals surface area contributed by atoms with Crippen molar-refractivity contribution in [2.24, 2.45) is 4.99 Å². The molecule has 0 aromatic heterocycles. The van der Waals surface area contributed by atoms with E-state index in [0.29, 0.717) is 34.5 Å². The predicted octanol–water partition coefficient (Wildman–Crippen LogP) is 5.34. The largest absolute Gasteiger partial charge is 0.493 e. The minimum absolute atomic E-state index is 0.123.